The first-order valence-corrected chi connectivity index (χ1v) is 18.6. The number of aromatic nitrogens is 2. The molecular weight excluding hydrogens is 653 g/mol. The second-order valence-electron chi connectivity index (χ2n) is 14.2. The van der Waals surface area contributed by atoms with E-state index in [0.717, 1.165) is 5.69 Å². The van der Waals surface area contributed by atoms with Crippen molar-refractivity contribution in [2.24, 2.45) is 0 Å². The molecule has 2 heterocycles. The Hall–Kier alpha value is -7.16. The van der Waals surface area contributed by atoms with Gasteiger partial charge in [-0.05, 0) is 105 Å². The maximum atomic E-state index is 2.48. The number of rotatable bonds is 5. The summed E-state index contributed by atoms with van der Waals surface area (Å²) in [4.78, 5) is 0. The molecule has 0 fully saturated rings. The predicted molar refractivity (Wildman–Crippen MR) is 229 cm³/mol. The van der Waals surface area contributed by atoms with Crippen LogP contribution in [0.3, 0.4) is 0 Å². The van der Waals surface area contributed by atoms with Crippen LogP contribution >= 0.6 is 0 Å². The largest absolute Gasteiger partial charge is 0.309 e. The van der Waals surface area contributed by atoms with E-state index in [9.17, 15) is 0 Å². The van der Waals surface area contributed by atoms with Gasteiger partial charge in [0, 0.05) is 38.3 Å². The maximum absolute atomic E-state index is 2.48. The van der Waals surface area contributed by atoms with Crippen molar-refractivity contribution in [2.75, 3.05) is 0 Å². The van der Waals surface area contributed by atoms with Crippen molar-refractivity contribution in [1.82, 2.24) is 9.13 Å². The predicted octanol–water partition coefficient (Wildman–Crippen LogP) is 14.0. The lowest BCUT2D eigenvalue weighted by molar-refractivity contribution is 1.18. The minimum Gasteiger partial charge on any atom is -0.309 e. The zero-order valence-corrected chi connectivity index (χ0v) is 29.5. The molecule has 0 bridgehead atoms. The number of hydrogen-bond donors (Lipinski definition) is 0. The standard InChI is InChI=1S/C52H34N2/c1-4-15-35(16-5-1)39-29-40(36-17-6-2-7-18-36)31-41(30-39)37-19-14-22-43(32-37)54-50-26-13-10-23-44(50)46-28-27-38-33-51-48(34-47(38)52(46)54)45-24-11-12-25-49(45)53(51)42-20-8-3-9-21-42/h1-34H. The molecule has 252 valence electrons. The second kappa shape index (κ2) is 12.2. The van der Waals surface area contributed by atoms with Crippen molar-refractivity contribution in [3.8, 4) is 44.8 Å². The fourth-order valence-electron chi connectivity index (χ4n) is 8.58. The van der Waals surface area contributed by atoms with Crippen LogP contribution in [0.5, 0.6) is 0 Å². The minimum atomic E-state index is 1.14. The molecule has 2 heteroatoms. The van der Waals surface area contributed by atoms with Gasteiger partial charge in [-0.25, -0.2) is 0 Å². The van der Waals surface area contributed by atoms with E-state index < -0.39 is 0 Å². The summed E-state index contributed by atoms with van der Waals surface area (Å²) in [5.74, 6) is 0. The first-order valence-electron chi connectivity index (χ1n) is 18.6. The van der Waals surface area contributed by atoms with Crippen molar-refractivity contribution in [3.05, 3.63) is 206 Å². The van der Waals surface area contributed by atoms with Crippen LogP contribution in [0, 0.1) is 0 Å². The third-order valence-electron chi connectivity index (χ3n) is 11.0. The first-order chi connectivity index (χ1) is 26.8. The van der Waals surface area contributed by atoms with Gasteiger partial charge < -0.3 is 9.13 Å². The fraction of sp³-hybridized carbons (Fsp3) is 0. The molecule has 9 aromatic carbocycles. The van der Waals surface area contributed by atoms with Crippen molar-refractivity contribution in [1.29, 1.82) is 0 Å². The Balaban J connectivity index is 1.17. The molecule has 0 N–H and O–H groups in total. The summed E-state index contributed by atoms with van der Waals surface area (Å²) in [6, 6.07) is 75.2. The Labute approximate surface area is 313 Å². The molecule has 11 aromatic rings. The highest BCUT2D eigenvalue weighted by Gasteiger charge is 2.19. The molecule has 0 atom stereocenters. The van der Waals surface area contributed by atoms with E-state index in [1.54, 1.807) is 0 Å². The van der Waals surface area contributed by atoms with Gasteiger partial charge in [0.2, 0.25) is 0 Å². The SMILES string of the molecule is c1ccc(-c2cc(-c3ccccc3)cc(-c3cccc(-n4c5ccccc5c5ccc6cc7c(cc6c54)c4ccccc4n7-c4ccccc4)c3)c2)cc1. The topological polar surface area (TPSA) is 9.86 Å². The number of para-hydroxylation sites is 3. The summed E-state index contributed by atoms with van der Waals surface area (Å²) in [7, 11) is 0. The normalized spacial score (nSPS) is 11.7. The van der Waals surface area contributed by atoms with Crippen molar-refractivity contribution >= 4 is 54.4 Å². The monoisotopic (exact) mass is 686 g/mol. The Morgan fingerprint density at radius 2 is 0.759 bits per heavy atom. The zero-order chi connectivity index (χ0) is 35.6. The van der Waals surface area contributed by atoms with Gasteiger partial charge in [-0.3, -0.25) is 0 Å². The van der Waals surface area contributed by atoms with Gasteiger partial charge in [-0.1, -0.05) is 140 Å². The molecular formula is C52H34N2. The van der Waals surface area contributed by atoms with Crippen LogP contribution in [0.4, 0.5) is 0 Å². The molecule has 2 nitrogen and oxygen atoms in total. The van der Waals surface area contributed by atoms with Gasteiger partial charge in [0.05, 0.1) is 22.1 Å². The summed E-state index contributed by atoms with van der Waals surface area (Å²) < 4.78 is 4.89. The molecule has 0 spiro atoms. The van der Waals surface area contributed by atoms with E-state index in [4.69, 9.17) is 0 Å². The molecule has 0 unspecified atom stereocenters. The van der Waals surface area contributed by atoms with E-state index in [2.05, 4.69) is 215 Å². The molecule has 2 aromatic heterocycles. The lowest BCUT2D eigenvalue weighted by atomic mass is 9.93. The molecule has 11 rings (SSSR count). The highest BCUT2D eigenvalue weighted by molar-refractivity contribution is 6.22. The van der Waals surface area contributed by atoms with E-state index in [1.807, 2.05) is 0 Å². The molecule has 0 aliphatic heterocycles. The Bertz CT molecular complexity index is 3130. The third kappa shape index (κ3) is 4.81. The van der Waals surface area contributed by atoms with Gasteiger partial charge in [0.1, 0.15) is 0 Å². The quantitative estimate of drug-likeness (QED) is 0.171. The summed E-state index contributed by atoms with van der Waals surface area (Å²) in [6.45, 7) is 0. The number of fused-ring (bicyclic) bond motifs is 8. The molecule has 0 radical (unpaired) electrons. The van der Waals surface area contributed by atoms with Crippen LogP contribution < -0.4 is 0 Å². The molecule has 54 heavy (non-hydrogen) atoms. The fourth-order valence-corrected chi connectivity index (χ4v) is 8.58. The van der Waals surface area contributed by atoms with Gasteiger partial charge >= 0.3 is 0 Å². The maximum Gasteiger partial charge on any atom is 0.0619 e. The highest BCUT2D eigenvalue weighted by Crippen LogP contribution is 2.42. The summed E-state index contributed by atoms with van der Waals surface area (Å²) in [5.41, 5.74) is 14.4. The first kappa shape index (κ1) is 30.5. The Kier molecular flexibility index (Phi) is 6.90. The summed E-state index contributed by atoms with van der Waals surface area (Å²) in [5, 5.41) is 7.49. The van der Waals surface area contributed by atoms with E-state index >= 15 is 0 Å². The zero-order valence-electron chi connectivity index (χ0n) is 29.5. The average molecular weight is 687 g/mol. The van der Waals surface area contributed by atoms with Crippen molar-refractivity contribution < 1.29 is 0 Å². The second-order valence-corrected chi connectivity index (χ2v) is 14.2. The molecule has 0 aliphatic carbocycles. The van der Waals surface area contributed by atoms with Crippen molar-refractivity contribution in [3.63, 3.8) is 0 Å². The van der Waals surface area contributed by atoms with Crippen LogP contribution in [0.1, 0.15) is 0 Å². The summed E-state index contributed by atoms with van der Waals surface area (Å²) in [6.07, 6.45) is 0. The van der Waals surface area contributed by atoms with E-state index in [-0.39, 0.29) is 0 Å². The smallest absolute Gasteiger partial charge is 0.0619 e. The number of hydrogen-bond acceptors (Lipinski definition) is 0. The summed E-state index contributed by atoms with van der Waals surface area (Å²) >= 11 is 0. The van der Waals surface area contributed by atoms with Crippen LogP contribution in [0.2, 0.25) is 0 Å². The third-order valence-corrected chi connectivity index (χ3v) is 11.0. The van der Waals surface area contributed by atoms with Crippen LogP contribution in [-0.4, -0.2) is 9.13 Å². The molecule has 0 amide bonds. The van der Waals surface area contributed by atoms with Gasteiger partial charge in [-0.15, -0.1) is 0 Å². The van der Waals surface area contributed by atoms with Gasteiger partial charge in [-0.2, -0.15) is 0 Å². The lowest BCUT2D eigenvalue weighted by Crippen LogP contribution is -1.96. The van der Waals surface area contributed by atoms with Crippen LogP contribution in [0.25, 0.3) is 99.1 Å². The van der Waals surface area contributed by atoms with E-state index in [1.165, 1.54) is 93.5 Å². The van der Waals surface area contributed by atoms with Crippen LogP contribution in [-0.2, 0) is 0 Å². The minimum absolute atomic E-state index is 1.14. The van der Waals surface area contributed by atoms with Gasteiger partial charge in [0.15, 0.2) is 0 Å². The molecule has 0 saturated heterocycles. The number of benzene rings is 9. The van der Waals surface area contributed by atoms with Crippen molar-refractivity contribution in [2.45, 2.75) is 0 Å². The average Bonchev–Trinajstić information content (AvgIpc) is 3.76. The molecule has 0 aliphatic rings. The lowest BCUT2D eigenvalue weighted by Gasteiger charge is -2.14. The number of nitrogens with zero attached hydrogens (tertiary/aromatic N) is 2. The highest BCUT2D eigenvalue weighted by atomic mass is 15.0. The van der Waals surface area contributed by atoms with Crippen LogP contribution in [0.15, 0.2) is 206 Å². The Morgan fingerprint density at radius 3 is 1.43 bits per heavy atom. The van der Waals surface area contributed by atoms with E-state index in [0.29, 0.717) is 0 Å². The Morgan fingerprint density at radius 1 is 0.241 bits per heavy atom. The molecule has 0 saturated carbocycles. The van der Waals surface area contributed by atoms with Gasteiger partial charge in [0.25, 0.3) is 0 Å².